The van der Waals surface area contributed by atoms with Crippen LogP contribution in [-0.2, 0) is 0 Å². The Morgan fingerprint density at radius 1 is 1.14 bits per heavy atom. The lowest BCUT2D eigenvalue weighted by Gasteiger charge is -2.22. The van der Waals surface area contributed by atoms with Crippen molar-refractivity contribution in [1.29, 1.82) is 0 Å². The van der Waals surface area contributed by atoms with Gasteiger partial charge in [0.1, 0.15) is 5.82 Å². The maximum absolute atomic E-state index is 6.11. The monoisotopic (exact) mass is 284 g/mol. The van der Waals surface area contributed by atoms with Gasteiger partial charge in [0.25, 0.3) is 0 Å². The number of nitrogens with two attached hydrogens (primary N) is 1. The Labute approximate surface area is 126 Å². The first-order chi connectivity index (χ1) is 10.0. The van der Waals surface area contributed by atoms with Crippen LogP contribution in [0.3, 0.4) is 0 Å². The number of nitrogens with one attached hydrogen (secondary N) is 1. The minimum atomic E-state index is 0.0535. The molecule has 2 aromatic heterocycles. The molecular formula is C17H24N4. The van der Waals surface area contributed by atoms with Crippen molar-refractivity contribution in [3.05, 3.63) is 52.5 Å². The molecule has 112 valence electrons. The highest BCUT2D eigenvalue weighted by Gasteiger charge is 2.18. The van der Waals surface area contributed by atoms with Gasteiger partial charge in [0.15, 0.2) is 0 Å². The Balaban J connectivity index is 2.49. The zero-order valence-electron chi connectivity index (χ0n) is 13.3. The lowest BCUT2D eigenvalue weighted by atomic mass is 9.97. The van der Waals surface area contributed by atoms with Gasteiger partial charge in [-0.25, -0.2) is 4.98 Å². The second-order valence-electron chi connectivity index (χ2n) is 5.56. The van der Waals surface area contributed by atoms with E-state index in [-0.39, 0.29) is 6.04 Å². The number of pyridine rings is 2. The Bertz CT molecular complexity index is 602. The highest BCUT2D eigenvalue weighted by molar-refractivity contribution is 5.47. The second kappa shape index (κ2) is 6.68. The fourth-order valence-corrected chi connectivity index (χ4v) is 2.56. The van der Waals surface area contributed by atoms with E-state index in [9.17, 15) is 0 Å². The predicted molar refractivity (Wildman–Crippen MR) is 87.2 cm³/mol. The Kier molecular flexibility index (Phi) is 4.91. The molecule has 0 aliphatic rings. The molecule has 0 aromatic carbocycles. The summed E-state index contributed by atoms with van der Waals surface area (Å²) in [5, 5.41) is 3.58. The Morgan fingerprint density at radius 2 is 1.81 bits per heavy atom. The third kappa shape index (κ3) is 3.79. The SMILES string of the molecule is CCCNC(c1cc(C)nc(C)c1)c1cc(C)cnc1N. The van der Waals surface area contributed by atoms with E-state index in [1.807, 2.05) is 20.8 Å². The summed E-state index contributed by atoms with van der Waals surface area (Å²) in [4.78, 5) is 8.76. The third-order valence-electron chi connectivity index (χ3n) is 3.43. The highest BCUT2D eigenvalue weighted by Crippen LogP contribution is 2.27. The standard InChI is InChI=1S/C17H24N4/c1-5-6-19-16(14-8-12(3)21-13(4)9-14)15-7-11(2)10-20-17(15)18/h7-10,16,19H,5-6H2,1-4H3,(H2,18,20). The maximum atomic E-state index is 6.11. The smallest absolute Gasteiger partial charge is 0.128 e. The Hall–Kier alpha value is -1.94. The van der Waals surface area contributed by atoms with Crippen molar-refractivity contribution in [2.45, 2.75) is 40.2 Å². The summed E-state index contributed by atoms with van der Waals surface area (Å²) < 4.78 is 0. The first-order valence-electron chi connectivity index (χ1n) is 7.42. The number of anilines is 1. The van der Waals surface area contributed by atoms with Crippen LogP contribution in [0, 0.1) is 20.8 Å². The summed E-state index contributed by atoms with van der Waals surface area (Å²) in [5.74, 6) is 0.585. The van der Waals surface area contributed by atoms with E-state index >= 15 is 0 Å². The van der Waals surface area contributed by atoms with E-state index in [1.54, 1.807) is 6.20 Å². The number of hydrogen-bond donors (Lipinski definition) is 2. The zero-order chi connectivity index (χ0) is 15.4. The van der Waals surface area contributed by atoms with Gasteiger partial charge in [0.05, 0.1) is 6.04 Å². The molecule has 0 amide bonds. The molecule has 0 spiro atoms. The first-order valence-corrected chi connectivity index (χ1v) is 7.42. The van der Waals surface area contributed by atoms with Crippen LogP contribution >= 0.6 is 0 Å². The summed E-state index contributed by atoms with van der Waals surface area (Å²) in [6.07, 6.45) is 2.87. The Morgan fingerprint density at radius 3 is 2.43 bits per heavy atom. The van der Waals surface area contributed by atoms with E-state index in [0.717, 1.165) is 35.5 Å². The molecule has 0 radical (unpaired) electrons. The van der Waals surface area contributed by atoms with Crippen LogP contribution < -0.4 is 11.1 Å². The van der Waals surface area contributed by atoms with Crippen molar-refractivity contribution in [2.75, 3.05) is 12.3 Å². The molecule has 1 unspecified atom stereocenters. The van der Waals surface area contributed by atoms with E-state index in [1.165, 1.54) is 5.56 Å². The quantitative estimate of drug-likeness (QED) is 0.885. The minimum absolute atomic E-state index is 0.0535. The molecule has 2 aromatic rings. The summed E-state index contributed by atoms with van der Waals surface area (Å²) >= 11 is 0. The largest absolute Gasteiger partial charge is 0.383 e. The first kappa shape index (κ1) is 15.4. The van der Waals surface area contributed by atoms with Crippen molar-refractivity contribution < 1.29 is 0 Å². The number of nitrogens with zero attached hydrogens (tertiary/aromatic N) is 2. The topological polar surface area (TPSA) is 63.8 Å². The van der Waals surface area contributed by atoms with Gasteiger partial charge in [-0.2, -0.15) is 0 Å². The summed E-state index contributed by atoms with van der Waals surface area (Å²) in [6.45, 7) is 9.16. The number of nitrogen functional groups attached to an aromatic ring is 1. The molecule has 21 heavy (non-hydrogen) atoms. The van der Waals surface area contributed by atoms with Crippen LogP contribution in [0.4, 0.5) is 5.82 Å². The van der Waals surface area contributed by atoms with E-state index in [4.69, 9.17) is 5.73 Å². The van der Waals surface area contributed by atoms with Gasteiger partial charge in [0.2, 0.25) is 0 Å². The average molecular weight is 284 g/mol. The van der Waals surface area contributed by atoms with Crippen LogP contribution in [0.2, 0.25) is 0 Å². The molecule has 2 rings (SSSR count). The minimum Gasteiger partial charge on any atom is -0.383 e. The fourth-order valence-electron chi connectivity index (χ4n) is 2.56. The number of aromatic nitrogens is 2. The molecule has 3 N–H and O–H groups in total. The summed E-state index contributed by atoms with van der Waals surface area (Å²) in [7, 11) is 0. The average Bonchev–Trinajstić information content (AvgIpc) is 2.42. The molecule has 0 fully saturated rings. The van der Waals surface area contributed by atoms with Gasteiger partial charge in [0, 0.05) is 23.1 Å². The molecule has 0 aliphatic heterocycles. The molecule has 0 aliphatic carbocycles. The van der Waals surface area contributed by atoms with E-state index in [0.29, 0.717) is 5.82 Å². The molecule has 1 atom stereocenters. The van der Waals surface area contributed by atoms with Gasteiger partial charge in [-0.05, 0) is 63.1 Å². The molecule has 0 bridgehead atoms. The van der Waals surface area contributed by atoms with Crippen LogP contribution in [0.5, 0.6) is 0 Å². The molecule has 0 saturated heterocycles. The molecular weight excluding hydrogens is 260 g/mol. The molecule has 0 saturated carbocycles. The van der Waals surface area contributed by atoms with E-state index < -0.39 is 0 Å². The normalized spacial score (nSPS) is 12.4. The number of aryl methyl sites for hydroxylation is 3. The maximum Gasteiger partial charge on any atom is 0.128 e. The van der Waals surface area contributed by atoms with Crippen LogP contribution in [-0.4, -0.2) is 16.5 Å². The van der Waals surface area contributed by atoms with Gasteiger partial charge >= 0.3 is 0 Å². The summed E-state index contributed by atoms with van der Waals surface area (Å²) in [5.41, 5.74) is 11.5. The van der Waals surface area contributed by atoms with Gasteiger partial charge in [-0.15, -0.1) is 0 Å². The zero-order valence-corrected chi connectivity index (χ0v) is 13.3. The van der Waals surface area contributed by atoms with Gasteiger partial charge < -0.3 is 11.1 Å². The number of hydrogen-bond acceptors (Lipinski definition) is 4. The van der Waals surface area contributed by atoms with Crippen molar-refractivity contribution in [3.8, 4) is 0 Å². The molecule has 4 heteroatoms. The highest BCUT2D eigenvalue weighted by atomic mass is 14.9. The third-order valence-corrected chi connectivity index (χ3v) is 3.43. The lowest BCUT2D eigenvalue weighted by molar-refractivity contribution is 0.597. The van der Waals surface area contributed by atoms with Gasteiger partial charge in [-0.1, -0.05) is 6.92 Å². The van der Waals surface area contributed by atoms with Crippen LogP contribution in [0.1, 0.15) is 47.5 Å². The fraction of sp³-hybridized carbons (Fsp3) is 0.412. The van der Waals surface area contributed by atoms with Crippen LogP contribution in [0.15, 0.2) is 24.4 Å². The van der Waals surface area contributed by atoms with Crippen molar-refractivity contribution in [1.82, 2.24) is 15.3 Å². The molecule has 2 heterocycles. The van der Waals surface area contributed by atoms with Crippen molar-refractivity contribution in [2.24, 2.45) is 0 Å². The predicted octanol–water partition coefficient (Wildman–Crippen LogP) is 3.07. The van der Waals surface area contributed by atoms with Crippen molar-refractivity contribution >= 4 is 5.82 Å². The molecule has 4 nitrogen and oxygen atoms in total. The van der Waals surface area contributed by atoms with Gasteiger partial charge in [-0.3, -0.25) is 4.98 Å². The van der Waals surface area contributed by atoms with Crippen molar-refractivity contribution in [3.63, 3.8) is 0 Å². The number of rotatable bonds is 5. The lowest BCUT2D eigenvalue weighted by Crippen LogP contribution is -2.25. The van der Waals surface area contributed by atoms with E-state index in [2.05, 4.69) is 40.4 Å². The van der Waals surface area contributed by atoms with Crippen LogP contribution in [0.25, 0.3) is 0 Å². The second-order valence-corrected chi connectivity index (χ2v) is 5.56. The summed E-state index contributed by atoms with van der Waals surface area (Å²) in [6, 6.07) is 6.39.